The molecular weight excluding hydrogens is 173 g/mol. The summed E-state index contributed by atoms with van der Waals surface area (Å²) < 4.78 is 14.1. The Morgan fingerprint density at radius 1 is 1.58 bits per heavy atom. The van der Waals surface area contributed by atoms with E-state index in [0.29, 0.717) is 13.0 Å². The molecule has 0 aliphatic carbocycles. The van der Waals surface area contributed by atoms with E-state index in [2.05, 4.69) is 5.32 Å². The van der Waals surface area contributed by atoms with Gasteiger partial charge in [-0.2, -0.15) is 11.3 Å². The Bertz CT molecular complexity index is 239. The molecule has 1 atom stereocenters. The van der Waals surface area contributed by atoms with Gasteiger partial charge in [-0.25, -0.2) is 4.39 Å². The van der Waals surface area contributed by atoms with Crippen LogP contribution in [-0.4, -0.2) is 13.1 Å². The smallest absolute Gasteiger partial charge is 0.149 e. The topological polar surface area (TPSA) is 12.0 Å². The number of rotatable bonds is 1. The molecule has 2 heterocycles. The quantitative estimate of drug-likeness (QED) is 0.708. The minimum atomic E-state index is -1.10. The first kappa shape index (κ1) is 8.20. The Balaban J connectivity index is 2.19. The maximum atomic E-state index is 14.1. The summed E-state index contributed by atoms with van der Waals surface area (Å²) in [5, 5.41) is 6.94. The van der Waals surface area contributed by atoms with Crippen molar-refractivity contribution in [2.24, 2.45) is 0 Å². The van der Waals surface area contributed by atoms with Gasteiger partial charge in [-0.05, 0) is 36.2 Å². The fraction of sp³-hybridized carbons (Fsp3) is 0.556. The van der Waals surface area contributed by atoms with Gasteiger partial charge in [-0.3, -0.25) is 0 Å². The summed E-state index contributed by atoms with van der Waals surface area (Å²) in [6.07, 6.45) is 1.60. The molecule has 3 heteroatoms. The van der Waals surface area contributed by atoms with Crippen LogP contribution in [0, 0.1) is 0 Å². The Morgan fingerprint density at radius 3 is 3.08 bits per heavy atom. The number of hydrogen-bond acceptors (Lipinski definition) is 2. The second kappa shape index (κ2) is 3.15. The number of halogens is 1. The van der Waals surface area contributed by atoms with Crippen molar-refractivity contribution in [1.82, 2.24) is 5.32 Å². The zero-order valence-corrected chi connectivity index (χ0v) is 7.66. The summed E-state index contributed by atoms with van der Waals surface area (Å²) in [6, 6.07) is 1.89. The van der Waals surface area contributed by atoms with E-state index in [4.69, 9.17) is 0 Å². The first-order chi connectivity index (χ1) is 5.81. The van der Waals surface area contributed by atoms with E-state index in [9.17, 15) is 4.39 Å². The third-order valence-corrected chi connectivity index (χ3v) is 3.05. The lowest BCUT2D eigenvalue weighted by atomic mass is 9.90. The number of piperidine rings is 1. The summed E-state index contributed by atoms with van der Waals surface area (Å²) in [7, 11) is 0. The Morgan fingerprint density at radius 2 is 2.50 bits per heavy atom. The molecule has 0 saturated carbocycles. The fourth-order valence-corrected chi connectivity index (χ4v) is 2.37. The summed E-state index contributed by atoms with van der Waals surface area (Å²) in [5.74, 6) is 0. The van der Waals surface area contributed by atoms with Crippen molar-refractivity contribution in [2.45, 2.75) is 18.5 Å². The maximum Gasteiger partial charge on any atom is 0.149 e. The van der Waals surface area contributed by atoms with Crippen molar-refractivity contribution in [3.63, 3.8) is 0 Å². The molecule has 0 radical (unpaired) electrons. The van der Waals surface area contributed by atoms with Crippen molar-refractivity contribution >= 4 is 11.3 Å². The minimum absolute atomic E-state index is 0.476. The van der Waals surface area contributed by atoms with Gasteiger partial charge < -0.3 is 5.32 Å². The number of thiophene rings is 1. The average Bonchev–Trinajstić information content (AvgIpc) is 2.58. The van der Waals surface area contributed by atoms with Crippen molar-refractivity contribution in [3.05, 3.63) is 22.4 Å². The largest absolute Gasteiger partial charge is 0.313 e. The molecule has 12 heavy (non-hydrogen) atoms. The van der Waals surface area contributed by atoms with E-state index in [1.165, 1.54) is 0 Å². The van der Waals surface area contributed by atoms with Crippen LogP contribution in [0.25, 0.3) is 0 Å². The SMILES string of the molecule is FC1(c2ccsc2)CCCNC1. The number of hydrogen-bond donors (Lipinski definition) is 1. The molecule has 1 aliphatic heterocycles. The van der Waals surface area contributed by atoms with Gasteiger partial charge in [0.2, 0.25) is 0 Å². The van der Waals surface area contributed by atoms with Crippen LogP contribution >= 0.6 is 11.3 Å². The zero-order valence-electron chi connectivity index (χ0n) is 6.85. The van der Waals surface area contributed by atoms with Crippen LogP contribution in [0.5, 0.6) is 0 Å². The van der Waals surface area contributed by atoms with E-state index in [0.717, 1.165) is 18.5 Å². The van der Waals surface area contributed by atoms with Crippen LogP contribution in [0.15, 0.2) is 16.8 Å². The molecule has 1 aromatic rings. The molecule has 0 spiro atoms. The minimum Gasteiger partial charge on any atom is -0.313 e. The lowest BCUT2D eigenvalue weighted by Gasteiger charge is -2.29. The standard InChI is InChI=1S/C9H12FNS/c10-9(3-1-4-11-7-9)8-2-5-12-6-8/h2,5-6,11H,1,3-4,7H2. The third kappa shape index (κ3) is 1.39. The molecule has 1 nitrogen and oxygen atoms in total. The monoisotopic (exact) mass is 185 g/mol. The Labute approximate surface area is 75.6 Å². The first-order valence-electron chi connectivity index (χ1n) is 4.24. The molecule has 66 valence electrons. The number of alkyl halides is 1. The van der Waals surface area contributed by atoms with Gasteiger partial charge >= 0.3 is 0 Å². The van der Waals surface area contributed by atoms with Gasteiger partial charge in [0.15, 0.2) is 0 Å². The highest BCUT2D eigenvalue weighted by Crippen LogP contribution is 2.33. The van der Waals surface area contributed by atoms with Crippen molar-refractivity contribution in [3.8, 4) is 0 Å². The molecule has 1 N–H and O–H groups in total. The summed E-state index contributed by atoms with van der Waals surface area (Å²) >= 11 is 1.56. The highest BCUT2D eigenvalue weighted by atomic mass is 32.1. The van der Waals surface area contributed by atoms with E-state index in [1.807, 2.05) is 16.8 Å². The number of nitrogens with one attached hydrogen (secondary N) is 1. The molecule has 1 saturated heterocycles. The van der Waals surface area contributed by atoms with Crippen LogP contribution in [0.2, 0.25) is 0 Å². The fourth-order valence-electron chi connectivity index (χ4n) is 1.63. The van der Waals surface area contributed by atoms with Gasteiger partial charge in [0.25, 0.3) is 0 Å². The predicted molar refractivity (Wildman–Crippen MR) is 49.2 cm³/mol. The second-order valence-corrected chi connectivity index (χ2v) is 4.04. The van der Waals surface area contributed by atoms with Crippen molar-refractivity contribution < 1.29 is 4.39 Å². The summed E-state index contributed by atoms with van der Waals surface area (Å²) in [6.45, 7) is 1.43. The molecule has 1 unspecified atom stereocenters. The van der Waals surface area contributed by atoms with E-state index in [-0.39, 0.29) is 0 Å². The summed E-state index contributed by atoms with van der Waals surface area (Å²) in [4.78, 5) is 0. The molecular formula is C9H12FNS. The van der Waals surface area contributed by atoms with Crippen molar-refractivity contribution in [1.29, 1.82) is 0 Å². The molecule has 1 aromatic heterocycles. The van der Waals surface area contributed by atoms with Crippen LogP contribution in [-0.2, 0) is 5.67 Å². The highest BCUT2D eigenvalue weighted by Gasteiger charge is 2.33. The Kier molecular flexibility index (Phi) is 2.15. The van der Waals surface area contributed by atoms with Gasteiger partial charge in [-0.1, -0.05) is 0 Å². The Hall–Kier alpha value is -0.410. The van der Waals surface area contributed by atoms with Gasteiger partial charge in [0, 0.05) is 12.1 Å². The lowest BCUT2D eigenvalue weighted by Crippen LogP contribution is -2.39. The third-order valence-electron chi connectivity index (χ3n) is 2.37. The van der Waals surface area contributed by atoms with Crippen LogP contribution in [0.3, 0.4) is 0 Å². The van der Waals surface area contributed by atoms with Crippen LogP contribution in [0.4, 0.5) is 4.39 Å². The van der Waals surface area contributed by atoms with Crippen LogP contribution in [0.1, 0.15) is 18.4 Å². The zero-order chi connectivity index (χ0) is 8.44. The van der Waals surface area contributed by atoms with Crippen LogP contribution < -0.4 is 5.32 Å². The molecule has 1 aliphatic rings. The molecule has 1 fully saturated rings. The van der Waals surface area contributed by atoms with E-state index in [1.54, 1.807) is 11.3 Å². The van der Waals surface area contributed by atoms with Gasteiger partial charge in [0.05, 0.1) is 0 Å². The molecule has 0 aromatic carbocycles. The lowest BCUT2D eigenvalue weighted by molar-refractivity contribution is 0.122. The van der Waals surface area contributed by atoms with E-state index < -0.39 is 5.67 Å². The second-order valence-electron chi connectivity index (χ2n) is 3.26. The predicted octanol–water partition coefficient (Wildman–Crippen LogP) is 2.30. The maximum absolute atomic E-state index is 14.1. The highest BCUT2D eigenvalue weighted by molar-refractivity contribution is 7.08. The molecule has 0 bridgehead atoms. The normalized spacial score (nSPS) is 30.4. The van der Waals surface area contributed by atoms with Gasteiger partial charge in [-0.15, -0.1) is 0 Å². The molecule has 2 rings (SSSR count). The first-order valence-corrected chi connectivity index (χ1v) is 5.18. The van der Waals surface area contributed by atoms with Crippen molar-refractivity contribution in [2.75, 3.05) is 13.1 Å². The molecule has 0 amide bonds. The van der Waals surface area contributed by atoms with Gasteiger partial charge in [0.1, 0.15) is 5.67 Å². The summed E-state index contributed by atoms with van der Waals surface area (Å²) in [5.41, 5.74) is -0.252. The van der Waals surface area contributed by atoms with E-state index >= 15 is 0 Å². The average molecular weight is 185 g/mol.